The fourth-order valence-corrected chi connectivity index (χ4v) is 3.31. The van der Waals surface area contributed by atoms with Crippen LogP contribution in [0.15, 0.2) is 30.3 Å². The van der Waals surface area contributed by atoms with Gasteiger partial charge in [0, 0.05) is 18.5 Å². The summed E-state index contributed by atoms with van der Waals surface area (Å²) in [5.74, 6) is 5.41. The summed E-state index contributed by atoms with van der Waals surface area (Å²) in [6, 6.07) is 9.12. The van der Waals surface area contributed by atoms with Crippen LogP contribution in [0.4, 0.5) is 4.79 Å². The third kappa shape index (κ3) is 3.82. The first kappa shape index (κ1) is 17.0. The summed E-state index contributed by atoms with van der Waals surface area (Å²) in [6.07, 6.45) is 3.35. The molecule has 0 radical (unpaired) electrons. The zero-order chi connectivity index (χ0) is 17.7. The van der Waals surface area contributed by atoms with Crippen molar-refractivity contribution >= 4 is 17.8 Å². The summed E-state index contributed by atoms with van der Waals surface area (Å²) >= 11 is 0. The molecule has 6 heteroatoms. The highest BCUT2D eigenvalue weighted by atomic mass is 16.2. The highest BCUT2D eigenvalue weighted by Crippen LogP contribution is 2.34. The van der Waals surface area contributed by atoms with Crippen LogP contribution < -0.4 is 10.6 Å². The molecular weight excluding hydrogens is 318 g/mol. The molecule has 130 valence electrons. The number of benzene rings is 1. The lowest BCUT2D eigenvalue weighted by molar-refractivity contribution is -0.131. The second-order valence-electron chi connectivity index (χ2n) is 6.37. The van der Waals surface area contributed by atoms with Gasteiger partial charge in [-0.2, -0.15) is 0 Å². The molecule has 3 rings (SSSR count). The number of imide groups is 1. The van der Waals surface area contributed by atoms with Crippen molar-refractivity contribution in [1.82, 2.24) is 15.5 Å². The summed E-state index contributed by atoms with van der Waals surface area (Å²) in [4.78, 5) is 37.5. The summed E-state index contributed by atoms with van der Waals surface area (Å²) in [7, 11) is 0. The molecule has 1 aliphatic heterocycles. The van der Waals surface area contributed by atoms with Crippen molar-refractivity contribution < 1.29 is 14.4 Å². The van der Waals surface area contributed by atoms with E-state index in [-0.39, 0.29) is 37.4 Å². The normalized spacial score (nSPS) is 18.0. The Morgan fingerprint density at radius 2 is 1.92 bits per heavy atom. The van der Waals surface area contributed by atoms with Gasteiger partial charge in [-0.3, -0.25) is 14.5 Å². The lowest BCUT2D eigenvalue weighted by Crippen LogP contribution is -2.44. The number of rotatable bonds is 4. The smallest absolute Gasteiger partial charge is 0.325 e. The molecule has 1 saturated heterocycles. The number of hydrogen-bond acceptors (Lipinski definition) is 3. The summed E-state index contributed by atoms with van der Waals surface area (Å²) in [5.41, 5.74) is 0.173. The van der Waals surface area contributed by atoms with Crippen LogP contribution >= 0.6 is 0 Å². The van der Waals surface area contributed by atoms with Crippen molar-refractivity contribution in [3.63, 3.8) is 0 Å². The Hall–Kier alpha value is -2.81. The SMILES string of the molecule is O=C(CCN1C(=O)NC2(CCCC2)C1=O)NCC#Cc1ccccc1. The zero-order valence-electron chi connectivity index (χ0n) is 14.0. The van der Waals surface area contributed by atoms with Crippen LogP contribution in [0.1, 0.15) is 37.7 Å². The topological polar surface area (TPSA) is 78.5 Å². The predicted molar refractivity (Wildman–Crippen MR) is 92.4 cm³/mol. The second kappa shape index (κ2) is 7.39. The molecule has 1 spiro atoms. The van der Waals surface area contributed by atoms with E-state index >= 15 is 0 Å². The van der Waals surface area contributed by atoms with E-state index < -0.39 is 5.54 Å². The largest absolute Gasteiger partial charge is 0.345 e. The lowest BCUT2D eigenvalue weighted by Gasteiger charge is -2.19. The first-order valence-electron chi connectivity index (χ1n) is 8.55. The van der Waals surface area contributed by atoms with Crippen molar-refractivity contribution in [1.29, 1.82) is 0 Å². The maximum absolute atomic E-state index is 12.5. The van der Waals surface area contributed by atoms with Crippen LogP contribution in [-0.2, 0) is 9.59 Å². The Balaban J connectivity index is 1.44. The van der Waals surface area contributed by atoms with Gasteiger partial charge in [-0.1, -0.05) is 42.9 Å². The molecule has 1 aliphatic carbocycles. The molecule has 0 unspecified atom stereocenters. The van der Waals surface area contributed by atoms with Crippen LogP contribution in [0.25, 0.3) is 0 Å². The average Bonchev–Trinajstić information content (AvgIpc) is 3.17. The minimum Gasteiger partial charge on any atom is -0.345 e. The number of urea groups is 1. The predicted octanol–water partition coefficient (Wildman–Crippen LogP) is 1.41. The van der Waals surface area contributed by atoms with Gasteiger partial charge in [-0.05, 0) is 25.0 Å². The van der Waals surface area contributed by atoms with Crippen LogP contribution in [0.2, 0.25) is 0 Å². The van der Waals surface area contributed by atoms with Gasteiger partial charge in [0.1, 0.15) is 5.54 Å². The Kier molecular flexibility index (Phi) is 5.03. The van der Waals surface area contributed by atoms with E-state index in [1.807, 2.05) is 30.3 Å². The third-order valence-corrected chi connectivity index (χ3v) is 4.65. The first-order valence-corrected chi connectivity index (χ1v) is 8.55. The molecule has 6 nitrogen and oxygen atoms in total. The molecule has 2 fully saturated rings. The fraction of sp³-hybridized carbons (Fsp3) is 0.421. The molecule has 2 N–H and O–H groups in total. The molecule has 1 aromatic rings. The van der Waals surface area contributed by atoms with E-state index in [9.17, 15) is 14.4 Å². The van der Waals surface area contributed by atoms with Gasteiger partial charge in [0.15, 0.2) is 0 Å². The Morgan fingerprint density at radius 3 is 2.64 bits per heavy atom. The monoisotopic (exact) mass is 339 g/mol. The molecule has 25 heavy (non-hydrogen) atoms. The third-order valence-electron chi connectivity index (χ3n) is 4.65. The molecule has 0 aromatic heterocycles. The molecular formula is C19H21N3O3. The number of amides is 4. The van der Waals surface area contributed by atoms with Crippen LogP contribution in [0, 0.1) is 11.8 Å². The average molecular weight is 339 g/mol. The Bertz CT molecular complexity index is 727. The van der Waals surface area contributed by atoms with Gasteiger partial charge in [0.25, 0.3) is 5.91 Å². The van der Waals surface area contributed by atoms with E-state index in [2.05, 4.69) is 22.5 Å². The quantitative estimate of drug-likeness (QED) is 0.643. The summed E-state index contributed by atoms with van der Waals surface area (Å²) < 4.78 is 0. The molecule has 0 atom stereocenters. The number of nitrogens with one attached hydrogen (secondary N) is 2. The Labute approximate surface area is 147 Å². The molecule has 0 bridgehead atoms. The molecule has 2 aliphatic rings. The van der Waals surface area contributed by atoms with Crippen molar-refractivity contribution in [2.75, 3.05) is 13.1 Å². The van der Waals surface area contributed by atoms with Gasteiger partial charge in [-0.15, -0.1) is 0 Å². The van der Waals surface area contributed by atoms with E-state index in [1.54, 1.807) is 0 Å². The van der Waals surface area contributed by atoms with E-state index in [4.69, 9.17) is 0 Å². The number of hydrogen-bond donors (Lipinski definition) is 2. The van der Waals surface area contributed by atoms with Gasteiger partial charge in [0.05, 0.1) is 6.54 Å². The number of carbonyl (C=O) groups is 3. The molecule has 1 aromatic carbocycles. The summed E-state index contributed by atoms with van der Waals surface area (Å²) in [6.45, 7) is 0.335. The standard InChI is InChI=1S/C19H21N3O3/c23-16(20-13-6-9-15-7-2-1-3-8-15)10-14-22-17(24)19(21-18(22)25)11-4-5-12-19/h1-3,7-8H,4-5,10-14H2,(H,20,23)(H,21,25). The van der Waals surface area contributed by atoms with Gasteiger partial charge >= 0.3 is 6.03 Å². The van der Waals surface area contributed by atoms with Gasteiger partial charge < -0.3 is 10.6 Å². The van der Waals surface area contributed by atoms with Crippen LogP contribution in [0.3, 0.4) is 0 Å². The maximum Gasteiger partial charge on any atom is 0.325 e. The van der Waals surface area contributed by atoms with Crippen LogP contribution in [0.5, 0.6) is 0 Å². The fourth-order valence-electron chi connectivity index (χ4n) is 3.31. The molecule has 1 saturated carbocycles. The Morgan fingerprint density at radius 1 is 1.20 bits per heavy atom. The zero-order valence-corrected chi connectivity index (χ0v) is 14.0. The molecule has 1 heterocycles. The van der Waals surface area contributed by atoms with Crippen molar-refractivity contribution in [3.05, 3.63) is 35.9 Å². The first-order chi connectivity index (χ1) is 12.1. The maximum atomic E-state index is 12.5. The van der Waals surface area contributed by atoms with E-state index in [0.29, 0.717) is 12.8 Å². The van der Waals surface area contributed by atoms with E-state index in [1.165, 1.54) is 4.90 Å². The molecule has 4 amide bonds. The minimum absolute atomic E-state index is 0.0856. The summed E-state index contributed by atoms with van der Waals surface area (Å²) in [5, 5.41) is 5.49. The van der Waals surface area contributed by atoms with E-state index in [0.717, 1.165) is 18.4 Å². The number of carbonyl (C=O) groups excluding carboxylic acids is 3. The van der Waals surface area contributed by atoms with Crippen LogP contribution in [-0.4, -0.2) is 41.4 Å². The highest BCUT2D eigenvalue weighted by molar-refractivity contribution is 6.07. The van der Waals surface area contributed by atoms with Crippen molar-refractivity contribution in [2.24, 2.45) is 0 Å². The number of nitrogens with zero attached hydrogens (tertiary/aromatic N) is 1. The highest BCUT2D eigenvalue weighted by Gasteiger charge is 2.52. The second-order valence-corrected chi connectivity index (χ2v) is 6.37. The van der Waals surface area contributed by atoms with Crippen molar-refractivity contribution in [3.8, 4) is 11.8 Å². The minimum atomic E-state index is -0.714. The van der Waals surface area contributed by atoms with Crippen molar-refractivity contribution in [2.45, 2.75) is 37.6 Å². The lowest BCUT2D eigenvalue weighted by atomic mass is 9.98. The van der Waals surface area contributed by atoms with Gasteiger partial charge in [-0.25, -0.2) is 4.79 Å². The van der Waals surface area contributed by atoms with Gasteiger partial charge in [0.2, 0.25) is 5.91 Å².